The van der Waals surface area contributed by atoms with Gasteiger partial charge in [0.15, 0.2) is 0 Å². The number of hydrogen-bond acceptors (Lipinski definition) is 4. The van der Waals surface area contributed by atoms with Gasteiger partial charge in [-0.2, -0.15) is 0 Å². The molecular formula is C22H21N3O4S. The molecule has 0 bridgehead atoms. The number of anilines is 3. The van der Waals surface area contributed by atoms with Gasteiger partial charge in [0.1, 0.15) is 0 Å². The first kappa shape index (κ1) is 21.1. The fourth-order valence-electron chi connectivity index (χ4n) is 2.83. The third kappa shape index (κ3) is 5.24. The Bertz CT molecular complexity index is 1190. The molecule has 0 fully saturated rings. The summed E-state index contributed by atoms with van der Waals surface area (Å²) in [7, 11) is -3.87. The van der Waals surface area contributed by atoms with Crippen LogP contribution in [0.3, 0.4) is 0 Å². The maximum Gasteiger partial charge on any atom is 0.262 e. The number of amides is 2. The standard InChI is InChI=1S/C22H21N3O4S/c1-15-11-12-17(13-21(15)30(28,29)25-18-7-4-3-5-8-18)22(27)24-20-10-6-9-19(14-20)23-16(2)26/h3-14,25H,1-2H3,(H,23,26)(H,24,27). The van der Waals surface area contributed by atoms with Crippen molar-refractivity contribution in [3.05, 3.63) is 83.9 Å². The fourth-order valence-corrected chi connectivity index (χ4v) is 4.16. The highest BCUT2D eigenvalue weighted by atomic mass is 32.2. The number of nitrogens with one attached hydrogen (secondary N) is 3. The Labute approximate surface area is 175 Å². The Balaban J connectivity index is 1.84. The van der Waals surface area contributed by atoms with Crippen LogP contribution in [0.15, 0.2) is 77.7 Å². The second-order valence-electron chi connectivity index (χ2n) is 6.67. The van der Waals surface area contributed by atoms with Crippen LogP contribution in [0.25, 0.3) is 0 Å². The molecular weight excluding hydrogens is 402 g/mol. The Morgan fingerprint density at radius 2 is 1.40 bits per heavy atom. The molecule has 0 spiro atoms. The van der Waals surface area contributed by atoms with Crippen LogP contribution in [0.1, 0.15) is 22.8 Å². The monoisotopic (exact) mass is 423 g/mol. The predicted octanol–water partition coefficient (Wildman–Crippen LogP) is 4.01. The SMILES string of the molecule is CC(=O)Nc1cccc(NC(=O)c2ccc(C)c(S(=O)(=O)Nc3ccccc3)c2)c1. The molecule has 3 aromatic carbocycles. The zero-order valence-corrected chi connectivity index (χ0v) is 17.3. The molecule has 0 aliphatic heterocycles. The van der Waals surface area contributed by atoms with Crippen molar-refractivity contribution in [2.75, 3.05) is 15.4 Å². The molecule has 30 heavy (non-hydrogen) atoms. The number of hydrogen-bond donors (Lipinski definition) is 3. The number of benzene rings is 3. The second kappa shape index (κ2) is 8.79. The van der Waals surface area contributed by atoms with Gasteiger partial charge < -0.3 is 10.6 Å². The van der Waals surface area contributed by atoms with Crippen molar-refractivity contribution in [2.45, 2.75) is 18.7 Å². The summed E-state index contributed by atoms with van der Waals surface area (Å²) in [5.41, 5.74) is 2.15. The molecule has 8 heteroatoms. The van der Waals surface area contributed by atoms with E-state index in [-0.39, 0.29) is 16.4 Å². The topological polar surface area (TPSA) is 104 Å². The van der Waals surface area contributed by atoms with E-state index >= 15 is 0 Å². The average molecular weight is 423 g/mol. The molecule has 0 heterocycles. The van der Waals surface area contributed by atoms with Crippen molar-refractivity contribution in [1.29, 1.82) is 0 Å². The lowest BCUT2D eigenvalue weighted by atomic mass is 10.1. The molecule has 3 rings (SSSR count). The van der Waals surface area contributed by atoms with Crippen LogP contribution in [-0.4, -0.2) is 20.2 Å². The Kier molecular flexibility index (Phi) is 6.17. The fraction of sp³-hybridized carbons (Fsp3) is 0.0909. The van der Waals surface area contributed by atoms with Gasteiger partial charge in [0.25, 0.3) is 15.9 Å². The summed E-state index contributed by atoms with van der Waals surface area (Å²) in [4.78, 5) is 23.9. The quantitative estimate of drug-likeness (QED) is 0.557. The summed E-state index contributed by atoms with van der Waals surface area (Å²) in [5.74, 6) is -0.691. The van der Waals surface area contributed by atoms with E-state index in [0.29, 0.717) is 22.6 Å². The number of sulfonamides is 1. The van der Waals surface area contributed by atoms with Crippen molar-refractivity contribution < 1.29 is 18.0 Å². The molecule has 0 unspecified atom stereocenters. The Morgan fingerprint density at radius 1 is 0.767 bits per heavy atom. The minimum atomic E-state index is -3.87. The van der Waals surface area contributed by atoms with Crippen molar-refractivity contribution >= 4 is 38.9 Å². The van der Waals surface area contributed by atoms with Crippen LogP contribution in [0.5, 0.6) is 0 Å². The smallest absolute Gasteiger partial charge is 0.262 e. The summed E-state index contributed by atoms with van der Waals surface area (Å²) < 4.78 is 28.2. The van der Waals surface area contributed by atoms with Gasteiger partial charge in [-0.3, -0.25) is 14.3 Å². The normalized spacial score (nSPS) is 10.9. The first-order valence-corrected chi connectivity index (χ1v) is 10.6. The van der Waals surface area contributed by atoms with E-state index in [9.17, 15) is 18.0 Å². The number of rotatable bonds is 6. The predicted molar refractivity (Wildman–Crippen MR) is 117 cm³/mol. The van der Waals surface area contributed by atoms with Gasteiger partial charge >= 0.3 is 0 Å². The average Bonchev–Trinajstić information content (AvgIpc) is 2.68. The van der Waals surface area contributed by atoms with E-state index in [2.05, 4.69) is 15.4 Å². The van der Waals surface area contributed by atoms with Crippen molar-refractivity contribution in [2.24, 2.45) is 0 Å². The third-order valence-corrected chi connectivity index (χ3v) is 5.73. The molecule has 0 saturated heterocycles. The molecule has 0 aliphatic carbocycles. The van der Waals surface area contributed by atoms with Gasteiger partial charge in [-0.05, 0) is 55.0 Å². The molecule has 0 aromatic heterocycles. The first-order chi connectivity index (χ1) is 14.2. The lowest BCUT2D eigenvalue weighted by Gasteiger charge is -2.12. The summed E-state index contributed by atoms with van der Waals surface area (Å²) in [6, 6.07) is 19.7. The van der Waals surface area contributed by atoms with Crippen LogP contribution in [0, 0.1) is 6.92 Å². The molecule has 0 aliphatic rings. The molecule has 3 aromatic rings. The first-order valence-electron chi connectivity index (χ1n) is 9.12. The maximum absolute atomic E-state index is 12.8. The van der Waals surface area contributed by atoms with Crippen molar-refractivity contribution in [3.8, 4) is 0 Å². The lowest BCUT2D eigenvalue weighted by molar-refractivity contribution is -0.114. The van der Waals surface area contributed by atoms with E-state index in [1.54, 1.807) is 73.7 Å². The largest absolute Gasteiger partial charge is 0.326 e. The number of aryl methyl sites for hydroxylation is 1. The van der Waals surface area contributed by atoms with E-state index in [0.717, 1.165) is 0 Å². The van der Waals surface area contributed by atoms with Crippen LogP contribution in [0.4, 0.5) is 17.1 Å². The highest BCUT2D eigenvalue weighted by molar-refractivity contribution is 7.92. The van der Waals surface area contributed by atoms with Crippen LogP contribution >= 0.6 is 0 Å². The van der Waals surface area contributed by atoms with E-state index in [4.69, 9.17) is 0 Å². The van der Waals surface area contributed by atoms with Crippen molar-refractivity contribution in [1.82, 2.24) is 0 Å². The van der Waals surface area contributed by atoms with Crippen LogP contribution in [-0.2, 0) is 14.8 Å². The Morgan fingerprint density at radius 3 is 2.07 bits per heavy atom. The molecule has 0 saturated carbocycles. The maximum atomic E-state index is 12.8. The van der Waals surface area contributed by atoms with Gasteiger partial charge in [-0.25, -0.2) is 8.42 Å². The van der Waals surface area contributed by atoms with E-state index in [1.807, 2.05) is 0 Å². The molecule has 0 radical (unpaired) electrons. The number of para-hydroxylation sites is 1. The van der Waals surface area contributed by atoms with Gasteiger partial charge in [0, 0.05) is 29.5 Å². The zero-order valence-electron chi connectivity index (χ0n) is 16.5. The second-order valence-corrected chi connectivity index (χ2v) is 8.32. The zero-order chi connectivity index (χ0) is 21.7. The van der Waals surface area contributed by atoms with Gasteiger partial charge in [-0.15, -0.1) is 0 Å². The molecule has 0 atom stereocenters. The highest BCUT2D eigenvalue weighted by Gasteiger charge is 2.19. The summed E-state index contributed by atoms with van der Waals surface area (Å²) in [6.07, 6.45) is 0. The van der Waals surface area contributed by atoms with Crippen molar-refractivity contribution in [3.63, 3.8) is 0 Å². The number of carbonyl (C=O) groups excluding carboxylic acids is 2. The minimum absolute atomic E-state index is 0.0194. The molecule has 7 nitrogen and oxygen atoms in total. The third-order valence-electron chi connectivity index (χ3n) is 4.21. The van der Waals surface area contributed by atoms with Gasteiger partial charge in [-0.1, -0.05) is 30.3 Å². The van der Waals surface area contributed by atoms with Crippen LogP contribution in [0.2, 0.25) is 0 Å². The van der Waals surface area contributed by atoms with Gasteiger partial charge in [0.2, 0.25) is 5.91 Å². The van der Waals surface area contributed by atoms with E-state index in [1.165, 1.54) is 13.0 Å². The van der Waals surface area contributed by atoms with Gasteiger partial charge in [0.05, 0.1) is 4.90 Å². The number of carbonyl (C=O) groups is 2. The van der Waals surface area contributed by atoms with Crippen LogP contribution < -0.4 is 15.4 Å². The molecule has 2 amide bonds. The lowest BCUT2D eigenvalue weighted by Crippen LogP contribution is -2.17. The summed E-state index contributed by atoms with van der Waals surface area (Å²) in [5, 5.41) is 5.35. The summed E-state index contributed by atoms with van der Waals surface area (Å²) in [6.45, 7) is 3.06. The minimum Gasteiger partial charge on any atom is -0.326 e. The van der Waals surface area contributed by atoms with E-state index < -0.39 is 15.9 Å². The molecule has 3 N–H and O–H groups in total. The highest BCUT2D eigenvalue weighted by Crippen LogP contribution is 2.22. The molecule has 154 valence electrons. The Hall–Kier alpha value is -3.65. The summed E-state index contributed by atoms with van der Waals surface area (Å²) >= 11 is 0.